The number of nitrogens with zero attached hydrogens (tertiary/aromatic N) is 4. The fourth-order valence-electron chi connectivity index (χ4n) is 1.28. The average molecular weight is 350 g/mol. The van der Waals surface area contributed by atoms with Crippen LogP contribution in [0.4, 0.5) is 0 Å². The summed E-state index contributed by atoms with van der Waals surface area (Å²) in [7, 11) is 0. The highest BCUT2D eigenvalue weighted by molar-refractivity contribution is 6.31. The van der Waals surface area contributed by atoms with Crippen molar-refractivity contribution in [3.63, 3.8) is 0 Å². The van der Waals surface area contributed by atoms with Gasteiger partial charge >= 0.3 is 0 Å². The number of rotatable bonds is 3. The van der Waals surface area contributed by atoms with Crippen LogP contribution in [0.15, 0.2) is 12.1 Å². The van der Waals surface area contributed by atoms with Crippen LogP contribution in [0.2, 0.25) is 15.7 Å². The van der Waals surface area contributed by atoms with Gasteiger partial charge in [0.2, 0.25) is 16.4 Å². The van der Waals surface area contributed by atoms with Gasteiger partial charge < -0.3 is 4.74 Å². The van der Waals surface area contributed by atoms with Crippen molar-refractivity contribution in [2.75, 3.05) is 6.61 Å². The average Bonchev–Trinajstić information content (AvgIpc) is 2.34. The molecule has 0 radical (unpaired) electrons. The van der Waals surface area contributed by atoms with E-state index in [2.05, 4.69) is 19.9 Å². The molecule has 5 nitrogen and oxygen atoms in total. The molecule has 0 amide bonds. The van der Waals surface area contributed by atoms with Gasteiger partial charge in [-0.1, -0.05) is 18.5 Å². The molecular formula is C13H15Cl3N4O. The van der Waals surface area contributed by atoms with E-state index in [0.717, 1.165) is 17.8 Å². The molecule has 2 aromatic rings. The summed E-state index contributed by atoms with van der Waals surface area (Å²) in [5.41, 5.74) is 1.60. The Hall–Kier alpha value is -1.17. The maximum Gasteiger partial charge on any atom is 0.225 e. The molecule has 0 aromatic carbocycles. The van der Waals surface area contributed by atoms with Crippen molar-refractivity contribution in [1.82, 2.24) is 19.9 Å². The van der Waals surface area contributed by atoms with Gasteiger partial charge in [0.05, 0.1) is 6.61 Å². The van der Waals surface area contributed by atoms with Crippen molar-refractivity contribution >= 4 is 34.8 Å². The zero-order chi connectivity index (χ0) is 15.8. The molecule has 114 valence electrons. The van der Waals surface area contributed by atoms with Crippen LogP contribution in [-0.4, -0.2) is 26.5 Å². The highest BCUT2D eigenvalue weighted by Gasteiger charge is 1.99. The minimum Gasteiger partial charge on any atom is -0.478 e. The van der Waals surface area contributed by atoms with Gasteiger partial charge in [0.1, 0.15) is 5.15 Å². The summed E-state index contributed by atoms with van der Waals surface area (Å²) < 4.78 is 5.28. The summed E-state index contributed by atoms with van der Waals surface area (Å²) in [6, 6.07) is 3.41. The molecule has 0 spiro atoms. The molecule has 0 aliphatic carbocycles. The number of aromatic nitrogens is 4. The number of halogens is 3. The normalized spacial score (nSPS) is 9.81. The molecule has 0 saturated heterocycles. The van der Waals surface area contributed by atoms with E-state index < -0.39 is 0 Å². The first-order chi connectivity index (χ1) is 9.90. The van der Waals surface area contributed by atoms with Crippen LogP contribution in [0.3, 0.4) is 0 Å². The van der Waals surface area contributed by atoms with Crippen molar-refractivity contribution in [3.05, 3.63) is 39.2 Å². The zero-order valence-electron chi connectivity index (χ0n) is 11.9. The molecule has 2 heterocycles. The SMILES string of the molecule is CCCOc1cc(C)nc(Cl)n1.Cc1cc(Cl)nc(Cl)n1. The molecule has 0 aliphatic rings. The van der Waals surface area contributed by atoms with Crippen LogP contribution < -0.4 is 4.74 Å². The van der Waals surface area contributed by atoms with E-state index in [-0.39, 0.29) is 10.6 Å². The van der Waals surface area contributed by atoms with E-state index in [9.17, 15) is 0 Å². The summed E-state index contributed by atoms with van der Waals surface area (Å²) in [5, 5.41) is 0.814. The third-order valence-corrected chi connectivity index (χ3v) is 2.58. The number of ether oxygens (including phenoxy) is 1. The molecular weight excluding hydrogens is 335 g/mol. The van der Waals surface area contributed by atoms with Crippen LogP contribution in [-0.2, 0) is 0 Å². The minimum atomic E-state index is 0.194. The van der Waals surface area contributed by atoms with Crippen molar-refractivity contribution in [3.8, 4) is 5.88 Å². The number of hydrogen-bond acceptors (Lipinski definition) is 5. The summed E-state index contributed by atoms with van der Waals surface area (Å²) in [6.45, 7) is 6.36. The lowest BCUT2D eigenvalue weighted by atomic mass is 10.4. The smallest absolute Gasteiger partial charge is 0.225 e. The van der Waals surface area contributed by atoms with E-state index in [1.807, 2.05) is 13.8 Å². The van der Waals surface area contributed by atoms with Gasteiger partial charge in [0.15, 0.2) is 0 Å². The third kappa shape index (κ3) is 7.41. The van der Waals surface area contributed by atoms with Gasteiger partial charge in [-0.05, 0) is 49.5 Å². The third-order valence-electron chi connectivity index (χ3n) is 2.05. The maximum absolute atomic E-state index is 5.63. The predicted octanol–water partition coefficient (Wildman–Crippen LogP) is 4.32. The number of aryl methyl sites for hydroxylation is 2. The van der Waals surface area contributed by atoms with Gasteiger partial charge in [-0.25, -0.2) is 15.0 Å². The van der Waals surface area contributed by atoms with E-state index in [4.69, 9.17) is 39.5 Å². The molecule has 0 aliphatic heterocycles. The van der Waals surface area contributed by atoms with Crippen LogP contribution in [0.1, 0.15) is 24.7 Å². The molecule has 2 rings (SSSR count). The van der Waals surface area contributed by atoms with Crippen LogP contribution in [0, 0.1) is 13.8 Å². The van der Waals surface area contributed by atoms with Crippen LogP contribution >= 0.6 is 34.8 Å². The Bertz CT molecular complexity index is 525. The molecule has 0 bridgehead atoms. The fraction of sp³-hybridized carbons (Fsp3) is 0.385. The van der Waals surface area contributed by atoms with Crippen molar-refractivity contribution in [2.24, 2.45) is 0 Å². The van der Waals surface area contributed by atoms with Crippen molar-refractivity contribution < 1.29 is 4.74 Å². The summed E-state index contributed by atoms with van der Waals surface area (Å²) in [4.78, 5) is 15.3. The summed E-state index contributed by atoms with van der Waals surface area (Å²) in [6.07, 6.45) is 0.959. The molecule has 2 aromatic heterocycles. The number of hydrogen-bond donors (Lipinski definition) is 0. The topological polar surface area (TPSA) is 60.8 Å². The summed E-state index contributed by atoms with van der Waals surface area (Å²) in [5.74, 6) is 0.550. The predicted molar refractivity (Wildman–Crippen MR) is 84.4 cm³/mol. The molecule has 8 heteroatoms. The zero-order valence-corrected chi connectivity index (χ0v) is 14.2. The second kappa shape index (κ2) is 8.97. The molecule has 0 N–H and O–H groups in total. The minimum absolute atomic E-state index is 0.194. The Morgan fingerprint density at radius 2 is 1.48 bits per heavy atom. The van der Waals surface area contributed by atoms with Crippen molar-refractivity contribution in [2.45, 2.75) is 27.2 Å². The lowest BCUT2D eigenvalue weighted by molar-refractivity contribution is 0.304. The lowest BCUT2D eigenvalue weighted by Gasteiger charge is -2.03. The maximum atomic E-state index is 5.63. The second-order valence-corrected chi connectivity index (χ2v) is 5.13. The van der Waals surface area contributed by atoms with Crippen molar-refractivity contribution in [1.29, 1.82) is 0 Å². The Kier molecular flexibility index (Phi) is 7.64. The highest BCUT2D eigenvalue weighted by Crippen LogP contribution is 2.11. The lowest BCUT2D eigenvalue weighted by Crippen LogP contribution is -1.99. The Balaban J connectivity index is 0.000000219. The van der Waals surface area contributed by atoms with E-state index in [0.29, 0.717) is 17.6 Å². The molecule has 0 saturated carbocycles. The fourth-order valence-corrected chi connectivity index (χ4v) is 2.00. The first-order valence-corrected chi connectivity index (χ1v) is 7.34. The highest BCUT2D eigenvalue weighted by atomic mass is 35.5. The largest absolute Gasteiger partial charge is 0.478 e. The Morgan fingerprint density at radius 3 is 1.95 bits per heavy atom. The molecule has 0 unspecified atom stereocenters. The monoisotopic (exact) mass is 348 g/mol. The quantitative estimate of drug-likeness (QED) is 0.610. The van der Waals surface area contributed by atoms with Crippen LogP contribution in [0.25, 0.3) is 0 Å². The van der Waals surface area contributed by atoms with Gasteiger partial charge in [0.25, 0.3) is 0 Å². The van der Waals surface area contributed by atoms with E-state index >= 15 is 0 Å². The summed E-state index contributed by atoms with van der Waals surface area (Å²) >= 11 is 16.6. The van der Waals surface area contributed by atoms with Gasteiger partial charge in [0, 0.05) is 17.5 Å². The van der Waals surface area contributed by atoms with Gasteiger partial charge in [-0.15, -0.1) is 0 Å². The first kappa shape index (κ1) is 17.9. The van der Waals surface area contributed by atoms with E-state index in [1.54, 1.807) is 19.1 Å². The molecule has 0 atom stereocenters. The Labute approximate surface area is 138 Å². The molecule has 0 fully saturated rings. The Morgan fingerprint density at radius 1 is 0.905 bits per heavy atom. The van der Waals surface area contributed by atoms with Gasteiger partial charge in [-0.3, -0.25) is 0 Å². The second-order valence-electron chi connectivity index (χ2n) is 4.07. The van der Waals surface area contributed by atoms with Gasteiger partial charge in [-0.2, -0.15) is 4.98 Å². The van der Waals surface area contributed by atoms with Crippen LogP contribution in [0.5, 0.6) is 5.88 Å². The standard InChI is InChI=1S/C8H11ClN2O.C5H4Cl2N2/c1-3-4-12-7-5-6(2)10-8(9)11-7;1-3-2-4(6)9-5(7)8-3/h5H,3-4H2,1-2H3;2H,1H3. The molecule has 21 heavy (non-hydrogen) atoms. The first-order valence-electron chi connectivity index (χ1n) is 6.21. The van der Waals surface area contributed by atoms with E-state index in [1.165, 1.54) is 0 Å².